The van der Waals surface area contributed by atoms with E-state index in [2.05, 4.69) is 14.7 Å². The molecule has 0 aliphatic rings. The molecule has 0 unspecified atom stereocenters. The van der Waals surface area contributed by atoms with E-state index in [1.807, 2.05) is 0 Å². The molecule has 1 rings (SSSR count). The number of carbonyl (C=O) groups excluding carboxylic acids is 1. The van der Waals surface area contributed by atoms with E-state index in [4.69, 9.17) is 0 Å². The van der Waals surface area contributed by atoms with Gasteiger partial charge in [-0.2, -0.15) is 8.78 Å². The molecule has 0 amide bonds. The lowest BCUT2D eigenvalue weighted by Crippen LogP contribution is -2.32. The highest BCUT2D eigenvalue weighted by atomic mass is 19.3. The Kier molecular flexibility index (Phi) is 4.50. The predicted molar refractivity (Wildman–Crippen MR) is 48.0 cm³/mol. The Balaban J connectivity index is 2.43. The van der Waals surface area contributed by atoms with Crippen LogP contribution in [0.5, 0.6) is 0 Å². The third-order valence-electron chi connectivity index (χ3n) is 1.71. The molecule has 0 saturated heterocycles. The molecule has 1 aromatic rings. The molecule has 1 aromatic heterocycles. The number of rotatable bonds is 6. The maximum absolute atomic E-state index is 12.4. The minimum atomic E-state index is -4.19. The molecule has 4 nitrogen and oxygen atoms in total. The highest BCUT2D eigenvalue weighted by molar-refractivity contribution is 5.73. The lowest BCUT2D eigenvalue weighted by molar-refractivity contribution is -0.168. The Morgan fingerprint density at radius 1 is 1.35 bits per heavy atom. The van der Waals surface area contributed by atoms with E-state index < -0.39 is 25.6 Å². The van der Waals surface area contributed by atoms with E-state index in [1.165, 1.54) is 12.4 Å². The monoisotopic (exact) mass is 252 g/mol. The molecule has 0 radical (unpaired) electrons. The summed E-state index contributed by atoms with van der Waals surface area (Å²) >= 11 is 0. The molecule has 8 heteroatoms. The number of alkyl halides is 4. The summed E-state index contributed by atoms with van der Waals surface area (Å²) in [5.41, 5.74) is 0.215. The van der Waals surface area contributed by atoms with Crippen LogP contribution in [0.2, 0.25) is 0 Å². The molecule has 0 aliphatic heterocycles. The molecule has 0 N–H and O–H groups in total. The Morgan fingerprint density at radius 2 is 1.94 bits per heavy atom. The quantitative estimate of drug-likeness (QED) is 0.571. The number of nitrogens with zero attached hydrogens (tertiary/aromatic N) is 2. The van der Waals surface area contributed by atoms with E-state index in [0.29, 0.717) is 6.29 Å². The van der Waals surface area contributed by atoms with Crippen molar-refractivity contribution in [2.24, 2.45) is 0 Å². The fraction of sp³-hybridized carbons (Fsp3) is 0.444. The van der Waals surface area contributed by atoms with Gasteiger partial charge in [-0.15, -0.1) is 0 Å². The van der Waals surface area contributed by atoms with Gasteiger partial charge in [-0.25, -0.2) is 18.7 Å². The van der Waals surface area contributed by atoms with Gasteiger partial charge in [0.15, 0.2) is 12.1 Å². The van der Waals surface area contributed by atoms with Gasteiger partial charge in [0.1, 0.15) is 13.2 Å². The Labute approximate surface area is 93.6 Å². The first kappa shape index (κ1) is 13.5. The lowest BCUT2D eigenvalue weighted by Gasteiger charge is -2.14. The highest BCUT2D eigenvalue weighted by Gasteiger charge is 2.40. The summed E-state index contributed by atoms with van der Waals surface area (Å²) in [6.45, 7) is -1.84. The molecular formula is C9H8F4N2O2. The zero-order chi connectivity index (χ0) is 12.9. The highest BCUT2D eigenvalue weighted by Crippen LogP contribution is 2.23. The van der Waals surface area contributed by atoms with Gasteiger partial charge in [0.25, 0.3) is 0 Å². The summed E-state index contributed by atoms with van der Waals surface area (Å²) < 4.78 is 52.7. The minimum Gasteiger partial charge on any atom is -0.367 e. The van der Waals surface area contributed by atoms with E-state index >= 15 is 0 Å². The van der Waals surface area contributed by atoms with Gasteiger partial charge in [0.05, 0.1) is 5.56 Å². The second-order valence-corrected chi connectivity index (χ2v) is 3.11. The zero-order valence-corrected chi connectivity index (χ0v) is 8.45. The molecule has 0 atom stereocenters. The second kappa shape index (κ2) is 5.67. The van der Waals surface area contributed by atoms with Gasteiger partial charge in [0.2, 0.25) is 0 Å². The molecule has 1 heterocycles. The first-order chi connectivity index (χ1) is 7.95. The Hall–Kier alpha value is -1.57. The number of carbonyl (C=O) groups is 1. The van der Waals surface area contributed by atoms with E-state index in [1.54, 1.807) is 0 Å². The van der Waals surface area contributed by atoms with Crippen LogP contribution in [-0.4, -0.2) is 35.2 Å². The molecule has 94 valence electrons. The molecule has 0 aliphatic carbocycles. The van der Waals surface area contributed by atoms with Crippen LogP contribution in [0.3, 0.4) is 0 Å². The van der Waals surface area contributed by atoms with Crippen molar-refractivity contribution in [2.75, 3.05) is 6.61 Å². The summed E-state index contributed by atoms with van der Waals surface area (Å²) in [6, 6.07) is 0. The van der Waals surface area contributed by atoms with E-state index in [0.717, 1.165) is 0 Å². The van der Waals surface area contributed by atoms with E-state index in [9.17, 15) is 22.4 Å². The van der Waals surface area contributed by atoms with Gasteiger partial charge >= 0.3 is 12.3 Å². The lowest BCUT2D eigenvalue weighted by atomic mass is 10.4. The number of aldehydes is 1. The topological polar surface area (TPSA) is 52.1 Å². The van der Waals surface area contributed by atoms with Crippen LogP contribution in [0.15, 0.2) is 12.4 Å². The fourth-order valence-electron chi connectivity index (χ4n) is 0.842. The summed E-state index contributed by atoms with van der Waals surface area (Å²) in [5, 5.41) is 0. The summed E-state index contributed by atoms with van der Waals surface area (Å²) in [6.07, 6.45) is -0.926. The van der Waals surface area contributed by atoms with E-state index in [-0.39, 0.29) is 11.4 Å². The first-order valence-corrected chi connectivity index (χ1v) is 4.45. The summed E-state index contributed by atoms with van der Waals surface area (Å²) in [7, 11) is 0. The molecular weight excluding hydrogens is 244 g/mol. The molecule has 0 saturated carbocycles. The second-order valence-electron chi connectivity index (χ2n) is 3.11. The maximum atomic E-state index is 12.4. The van der Waals surface area contributed by atoms with Crippen LogP contribution in [-0.2, 0) is 11.3 Å². The van der Waals surface area contributed by atoms with Crippen LogP contribution >= 0.6 is 0 Å². The number of aromatic nitrogens is 2. The van der Waals surface area contributed by atoms with Crippen LogP contribution < -0.4 is 0 Å². The molecule has 0 bridgehead atoms. The third-order valence-corrected chi connectivity index (χ3v) is 1.71. The standard InChI is InChI=1S/C9H8F4N2O2/c10-8(11)9(12,13)5-17-4-7-14-1-6(3-16)2-15-7/h1-3,8H,4-5H2. The molecule has 0 fully saturated rings. The zero-order valence-electron chi connectivity index (χ0n) is 8.45. The number of hydrogen-bond donors (Lipinski definition) is 0. The first-order valence-electron chi connectivity index (χ1n) is 4.45. The molecule has 0 aromatic carbocycles. The van der Waals surface area contributed by atoms with Crippen molar-refractivity contribution in [3.05, 3.63) is 23.8 Å². The molecule has 17 heavy (non-hydrogen) atoms. The molecule has 0 spiro atoms. The Bertz CT molecular complexity index is 370. The summed E-state index contributed by atoms with van der Waals surface area (Å²) in [5.74, 6) is -4.16. The van der Waals surface area contributed by atoms with Crippen molar-refractivity contribution in [3.63, 3.8) is 0 Å². The van der Waals surface area contributed by atoms with Gasteiger partial charge < -0.3 is 4.74 Å². The number of hydrogen-bond acceptors (Lipinski definition) is 4. The normalized spacial score (nSPS) is 11.8. The average molecular weight is 252 g/mol. The van der Waals surface area contributed by atoms with Crippen molar-refractivity contribution >= 4 is 6.29 Å². The number of halogens is 4. The van der Waals surface area contributed by atoms with Gasteiger partial charge in [-0.3, -0.25) is 4.79 Å². The van der Waals surface area contributed by atoms with Crippen molar-refractivity contribution in [1.29, 1.82) is 0 Å². The average Bonchev–Trinajstić information content (AvgIpc) is 2.29. The van der Waals surface area contributed by atoms with Crippen LogP contribution in [0.1, 0.15) is 16.2 Å². The van der Waals surface area contributed by atoms with Crippen LogP contribution in [0.25, 0.3) is 0 Å². The smallest absolute Gasteiger partial charge is 0.330 e. The number of ether oxygens (including phenoxy) is 1. The van der Waals surface area contributed by atoms with Crippen LogP contribution in [0.4, 0.5) is 17.6 Å². The maximum Gasteiger partial charge on any atom is 0.330 e. The Morgan fingerprint density at radius 3 is 2.41 bits per heavy atom. The fourth-order valence-corrected chi connectivity index (χ4v) is 0.842. The van der Waals surface area contributed by atoms with Gasteiger partial charge in [-0.05, 0) is 0 Å². The predicted octanol–water partition coefficient (Wildman–Crippen LogP) is 1.71. The van der Waals surface area contributed by atoms with Gasteiger partial charge in [-0.1, -0.05) is 0 Å². The summed E-state index contributed by atoms with van der Waals surface area (Å²) in [4.78, 5) is 17.5. The largest absolute Gasteiger partial charge is 0.367 e. The SMILES string of the molecule is O=Cc1cnc(COCC(F)(F)C(F)F)nc1. The van der Waals surface area contributed by atoms with Crippen molar-refractivity contribution in [3.8, 4) is 0 Å². The third kappa shape index (κ3) is 4.06. The van der Waals surface area contributed by atoms with Crippen molar-refractivity contribution in [1.82, 2.24) is 9.97 Å². The van der Waals surface area contributed by atoms with Crippen molar-refractivity contribution < 1.29 is 27.1 Å². The van der Waals surface area contributed by atoms with Crippen LogP contribution in [0, 0.1) is 0 Å². The van der Waals surface area contributed by atoms with Crippen molar-refractivity contribution in [2.45, 2.75) is 19.0 Å². The minimum absolute atomic E-state index is 0.0284. The van der Waals surface area contributed by atoms with Gasteiger partial charge in [0, 0.05) is 12.4 Å².